The highest BCUT2D eigenvalue weighted by Crippen LogP contribution is 2.39. The lowest BCUT2D eigenvalue weighted by Gasteiger charge is -2.35. The van der Waals surface area contributed by atoms with Gasteiger partial charge in [0.25, 0.3) is 5.91 Å². The summed E-state index contributed by atoms with van der Waals surface area (Å²) in [5.74, 6) is 0.638. The summed E-state index contributed by atoms with van der Waals surface area (Å²) >= 11 is 5.92. The number of benzene rings is 2. The molecule has 1 amide bonds. The van der Waals surface area contributed by atoms with E-state index >= 15 is 0 Å². The van der Waals surface area contributed by atoms with Gasteiger partial charge in [0.05, 0.1) is 26.0 Å². The molecule has 1 atom stereocenters. The van der Waals surface area contributed by atoms with E-state index in [-0.39, 0.29) is 23.1 Å². The summed E-state index contributed by atoms with van der Waals surface area (Å²) in [7, 11) is 3.08. The summed E-state index contributed by atoms with van der Waals surface area (Å²) in [6.07, 6.45) is -4.17. The summed E-state index contributed by atoms with van der Waals surface area (Å²) in [6, 6.07) is 11.9. The van der Waals surface area contributed by atoms with Crippen LogP contribution < -0.4 is 9.47 Å². The van der Waals surface area contributed by atoms with Crippen molar-refractivity contribution in [1.29, 1.82) is 0 Å². The van der Waals surface area contributed by atoms with E-state index in [9.17, 15) is 18.0 Å². The molecule has 0 saturated heterocycles. The predicted molar refractivity (Wildman–Crippen MR) is 131 cm³/mol. The largest absolute Gasteiger partial charge is 0.493 e. The molecule has 0 N–H and O–H groups in total. The number of methoxy groups -OCH3 is 2. The average molecular weight is 531 g/mol. The summed E-state index contributed by atoms with van der Waals surface area (Å²) < 4.78 is 53.4. The first-order valence-corrected chi connectivity index (χ1v) is 11.8. The highest BCUT2D eigenvalue weighted by atomic mass is 35.5. The molecule has 1 unspecified atom stereocenters. The van der Waals surface area contributed by atoms with Gasteiger partial charge in [-0.05, 0) is 54.8 Å². The molecule has 1 aliphatic rings. The number of alkyl halides is 3. The van der Waals surface area contributed by atoms with Gasteiger partial charge in [0, 0.05) is 23.2 Å². The quantitative estimate of drug-likeness (QED) is 0.331. The number of fused-ring (bicyclic) bond motifs is 2. The van der Waals surface area contributed by atoms with Crippen LogP contribution in [0.25, 0.3) is 16.9 Å². The lowest BCUT2D eigenvalue weighted by atomic mass is 9.92. The molecule has 1 aliphatic heterocycles. The van der Waals surface area contributed by atoms with E-state index in [0.717, 1.165) is 17.2 Å². The number of ether oxygens (including phenoxy) is 2. The van der Waals surface area contributed by atoms with Crippen LogP contribution in [0, 0.1) is 0 Å². The molecule has 11 heteroatoms. The number of hydrogen-bond donors (Lipinski definition) is 0. The fraction of sp³-hybridized carbons (Fsp3) is 0.269. The van der Waals surface area contributed by atoms with Crippen molar-refractivity contribution in [3.8, 4) is 22.8 Å². The Hall–Kier alpha value is -3.79. The summed E-state index contributed by atoms with van der Waals surface area (Å²) in [4.78, 5) is 19.4. The van der Waals surface area contributed by atoms with Crippen molar-refractivity contribution in [2.75, 3.05) is 20.8 Å². The van der Waals surface area contributed by atoms with Gasteiger partial charge in [-0.25, -0.2) is 9.50 Å². The van der Waals surface area contributed by atoms with Gasteiger partial charge in [-0.3, -0.25) is 4.79 Å². The molecule has 3 heterocycles. The van der Waals surface area contributed by atoms with Crippen LogP contribution in [0.1, 0.15) is 40.3 Å². The molecule has 192 valence electrons. The lowest BCUT2D eigenvalue weighted by Crippen LogP contribution is -2.39. The van der Waals surface area contributed by atoms with E-state index in [1.165, 1.54) is 13.2 Å². The molecule has 0 radical (unpaired) electrons. The second kappa shape index (κ2) is 9.26. The average Bonchev–Trinajstić information content (AvgIpc) is 3.31. The summed E-state index contributed by atoms with van der Waals surface area (Å²) in [5.41, 5.74) is 1.20. The molecule has 7 nitrogen and oxygen atoms in total. The predicted octanol–water partition coefficient (Wildman–Crippen LogP) is 5.85. The van der Waals surface area contributed by atoms with Crippen LogP contribution in [0.3, 0.4) is 0 Å². The highest BCUT2D eigenvalue weighted by Gasteiger charge is 2.37. The number of amides is 1. The number of aromatic nitrogens is 3. The van der Waals surface area contributed by atoms with Crippen molar-refractivity contribution in [2.24, 2.45) is 0 Å². The first-order chi connectivity index (χ1) is 17.6. The lowest BCUT2D eigenvalue weighted by molar-refractivity contribution is -0.142. The van der Waals surface area contributed by atoms with Crippen LogP contribution in [0.4, 0.5) is 13.2 Å². The molecular weight excluding hydrogens is 509 g/mol. The first kappa shape index (κ1) is 24.9. The minimum Gasteiger partial charge on any atom is -0.493 e. The Morgan fingerprint density at radius 3 is 2.38 bits per heavy atom. The van der Waals surface area contributed by atoms with E-state index in [1.807, 2.05) is 19.1 Å². The number of hydrogen-bond acceptors (Lipinski definition) is 5. The molecule has 0 fully saturated rings. The fourth-order valence-electron chi connectivity index (χ4n) is 4.62. The zero-order valence-corrected chi connectivity index (χ0v) is 20.9. The Kier molecular flexibility index (Phi) is 6.23. The smallest absolute Gasteiger partial charge is 0.433 e. The Morgan fingerprint density at radius 1 is 1.05 bits per heavy atom. The maximum atomic E-state index is 14.0. The van der Waals surface area contributed by atoms with Crippen LogP contribution in [0.5, 0.6) is 11.5 Å². The van der Waals surface area contributed by atoms with E-state index in [4.69, 9.17) is 21.1 Å². The van der Waals surface area contributed by atoms with Crippen LogP contribution in [0.2, 0.25) is 5.02 Å². The third-order valence-corrected chi connectivity index (χ3v) is 6.77. The summed E-state index contributed by atoms with van der Waals surface area (Å²) in [6.45, 7) is 2.22. The van der Waals surface area contributed by atoms with Crippen molar-refractivity contribution in [2.45, 2.75) is 25.6 Å². The van der Waals surface area contributed by atoms with E-state index in [1.54, 1.807) is 36.3 Å². The van der Waals surface area contributed by atoms with Gasteiger partial charge in [-0.2, -0.15) is 18.3 Å². The zero-order chi connectivity index (χ0) is 26.5. The van der Waals surface area contributed by atoms with Crippen LogP contribution in [-0.2, 0) is 12.6 Å². The molecule has 0 aliphatic carbocycles. The number of nitrogens with zero attached hydrogens (tertiary/aromatic N) is 4. The molecule has 0 bridgehead atoms. The monoisotopic (exact) mass is 530 g/mol. The maximum Gasteiger partial charge on any atom is 0.433 e. The number of carbonyl (C=O) groups is 1. The minimum atomic E-state index is -4.72. The second-order valence-electron chi connectivity index (χ2n) is 8.66. The number of rotatable bonds is 4. The van der Waals surface area contributed by atoms with Gasteiger partial charge in [-0.1, -0.05) is 23.7 Å². The first-order valence-electron chi connectivity index (χ1n) is 11.4. The van der Waals surface area contributed by atoms with E-state index in [2.05, 4.69) is 10.1 Å². The number of carbonyl (C=O) groups excluding carboxylic acids is 1. The maximum absolute atomic E-state index is 14.0. The second-order valence-corrected chi connectivity index (χ2v) is 9.10. The van der Waals surface area contributed by atoms with Crippen LogP contribution in [0.15, 0.2) is 48.5 Å². The van der Waals surface area contributed by atoms with Crippen molar-refractivity contribution in [1.82, 2.24) is 19.5 Å². The number of halogens is 4. The molecule has 0 spiro atoms. The molecule has 37 heavy (non-hydrogen) atoms. The molecule has 2 aromatic carbocycles. The van der Waals surface area contributed by atoms with Gasteiger partial charge in [0.2, 0.25) is 0 Å². The highest BCUT2D eigenvalue weighted by molar-refractivity contribution is 6.30. The minimum absolute atomic E-state index is 0.0837. The molecule has 2 aromatic heterocycles. The standard InChI is InChI=1S/C26H22ClF3N4O3/c1-14-18-11-22(37-3)21(36-2)10-16(18)8-9-33(14)25(35)20-13-24-31-19(15-4-6-17(27)7-5-15)12-23(26(28,29)30)34(24)32-20/h4-7,10-14H,8-9H2,1-3H3. The Morgan fingerprint density at radius 2 is 1.73 bits per heavy atom. The molecular formula is C26H22ClF3N4O3. The van der Waals surface area contributed by atoms with Crippen molar-refractivity contribution >= 4 is 23.2 Å². The van der Waals surface area contributed by atoms with Gasteiger partial charge >= 0.3 is 6.18 Å². The Bertz CT molecular complexity index is 1500. The van der Waals surface area contributed by atoms with E-state index < -0.39 is 17.8 Å². The van der Waals surface area contributed by atoms with Crippen LogP contribution in [-0.4, -0.2) is 46.2 Å². The normalized spacial score (nSPS) is 15.5. The van der Waals surface area contributed by atoms with E-state index in [0.29, 0.717) is 39.6 Å². The SMILES string of the molecule is COc1cc2c(cc1OC)C(C)N(C(=O)c1cc3nc(-c4ccc(Cl)cc4)cc(C(F)(F)F)n3n1)CC2. The zero-order valence-electron chi connectivity index (χ0n) is 20.1. The van der Waals surface area contributed by atoms with Gasteiger partial charge < -0.3 is 14.4 Å². The van der Waals surface area contributed by atoms with Gasteiger partial charge in [-0.15, -0.1) is 0 Å². The Balaban J connectivity index is 1.54. The topological polar surface area (TPSA) is 69.0 Å². The van der Waals surface area contributed by atoms with Gasteiger partial charge in [0.15, 0.2) is 28.5 Å². The van der Waals surface area contributed by atoms with Crippen molar-refractivity contribution in [3.63, 3.8) is 0 Å². The van der Waals surface area contributed by atoms with Gasteiger partial charge in [0.1, 0.15) is 0 Å². The third-order valence-electron chi connectivity index (χ3n) is 6.52. The third kappa shape index (κ3) is 4.46. The molecule has 5 rings (SSSR count). The molecule has 0 saturated carbocycles. The Labute approximate surface area is 215 Å². The van der Waals surface area contributed by atoms with Crippen molar-refractivity contribution < 1.29 is 27.4 Å². The fourth-order valence-corrected chi connectivity index (χ4v) is 4.74. The van der Waals surface area contributed by atoms with Crippen LogP contribution >= 0.6 is 11.6 Å². The molecule has 4 aromatic rings. The summed E-state index contributed by atoms with van der Waals surface area (Å²) in [5, 5.41) is 4.48. The van der Waals surface area contributed by atoms with Crippen molar-refractivity contribution in [3.05, 3.63) is 76.1 Å².